The summed E-state index contributed by atoms with van der Waals surface area (Å²) in [7, 11) is 1.95. The zero-order valence-corrected chi connectivity index (χ0v) is 11.1. The maximum atomic E-state index is 5.71. The molecule has 0 bridgehead atoms. The number of hydrogen-bond acceptors (Lipinski definition) is 2. The van der Waals surface area contributed by atoms with E-state index in [4.69, 9.17) is 4.74 Å². The van der Waals surface area contributed by atoms with E-state index in [1.165, 1.54) is 11.1 Å². The highest BCUT2D eigenvalue weighted by atomic mass is 79.9. The van der Waals surface area contributed by atoms with Gasteiger partial charge in [-0.1, -0.05) is 15.9 Å². The van der Waals surface area contributed by atoms with Gasteiger partial charge in [0.15, 0.2) is 0 Å². The Morgan fingerprint density at radius 2 is 2.00 bits per heavy atom. The first-order chi connectivity index (χ1) is 7.15. The zero-order chi connectivity index (χ0) is 11.3. The molecule has 0 aliphatic heterocycles. The van der Waals surface area contributed by atoms with Gasteiger partial charge in [-0.25, -0.2) is 0 Å². The van der Waals surface area contributed by atoms with Crippen molar-refractivity contribution >= 4 is 15.9 Å². The van der Waals surface area contributed by atoms with Crippen LogP contribution >= 0.6 is 15.9 Å². The van der Waals surface area contributed by atoms with E-state index in [0.29, 0.717) is 0 Å². The van der Waals surface area contributed by atoms with Gasteiger partial charge in [0.05, 0.1) is 6.61 Å². The number of benzene rings is 1. The van der Waals surface area contributed by atoms with E-state index in [0.717, 1.165) is 29.8 Å². The lowest BCUT2D eigenvalue weighted by atomic mass is 10.1. The molecule has 84 valence electrons. The van der Waals surface area contributed by atoms with Gasteiger partial charge in [-0.2, -0.15) is 0 Å². The van der Waals surface area contributed by atoms with Crippen LogP contribution in [0, 0.1) is 13.8 Å². The van der Waals surface area contributed by atoms with Crippen molar-refractivity contribution in [3.8, 4) is 5.75 Å². The molecule has 0 atom stereocenters. The van der Waals surface area contributed by atoms with Crippen molar-refractivity contribution in [1.82, 2.24) is 5.32 Å². The number of hydrogen-bond donors (Lipinski definition) is 1. The Morgan fingerprint density at radius 1 is 1.27 bits per heavy atom. The van der Waals surface area contributed by atoms with Crippen molar-refractivity contribution in [2.45, 2.75) is 20.3 Å². The second-order valence-electron chi connectivity index (χ2n) is 3.67. The largest absolute Gasteiger partial charge is 0.493 e. The first-order valence-electron chi connectivity index (χ1n) is 5.19. The van der Waals surface area contributed by atoms with E-state index < -0.39 is 0 Å². The van der Waals surface area contributed by atoms with Gasteiger partial charge in [0.1, 0.15) is 5.75 Å². The van der Waals surface area contributed by atoms with E-state index in [-0.39, 0.29) is 0 Å². The first kappa shape index (κ1) is 12.5. The van der Waals surface area contributed by atoms with Crippen molar-refractivity contribution in [2.24, 2.45) is 0 Å². The fourth-order valence-electron chi connectivity index (χ4n) is 1.34. The summed E-state index contributed by atoms with van der Waals surface area (Å²) in [6.45, 7) is 5.90. The standard InChI is InChI=1S/C12H18BrNO/c1-9-8-12(10(2)7-11(9)13)15-6-4-5-14-3/h7-8,14H,4-6H2,1-3H3. The van der Waals surface area contributed by atoms with E-state index in [2.05, 4.69) is 47.2 Å². The molecule has 15 heavy (non-hydrogen) atoms. The highest BCUT2D eigenvalue weighted by Gasteiger charge is 2.03. The Kier molecular flexibility index (Phi) is 5.12. The molecule has 0 aliphatic rings. The summed E-state index contributed by atoms with van der Waals surface area (Å²) in [4.78, 5) is 0. The molecule has 0 spiro atoms. The van der Waals surface area contributed by atoms with Gasteiger partial charge in [0, 0.05) is 4.47 Å². The molecule has 0 heterocycles. The molecule has 0 unspecified atom stereocenters. The van der Waals surface area contributed by atoms with Gasteiger partial charge in [0.25, 0.3) is 0 Å². The topological polar surface area (TPSA) is 21.3 Å². The lowest BCUT2D eigenvalue weighted by Crippen LogP contribution is -2.11. The Morgan fingerprint density at radius 3 is 2.67 bits per heavy atom. The Balaban J connectivity index is 2.57. The molecule has 0 aliphatic carbocycles. The maximum absolute atomic E-state index is 5.71. The molecule has 0 radical (unpaired) electrons. The first-order valence-corrected chi connectivity index (χ1v) is 5.98. The number of halogens is 1. The van der Waals surface area contributed by atoms with Crippen LogP contribution in [-0.2, 0) is 0 Å². The third-order valence-electron chi connectivity index (χ3n) is 2.28. The van der Waals surface area contributed by atoms with Crippen LogP contribution in [0.1, 0.15) is 17.5 Å². The molecule has 0 aromatic heterocycles. The molecule has 2 nitrogen and oxygen atoms in total. The summed E-state index contributed by atoms with van der Waals surface area (Å²) in [6.07, 6.45) is 1.03. The van der Waals surface area contributed by atoms with Crippen molar-refractivity contribution in [3.05, 3.63) is 27.7 Å². The van der Waals surface area contributed by atoms with Crippen LogP contribution < -0.4 is 10.1 Å². The molecular formula is C12H18BrNO. The second kappa shape index (κ2) is 6.13. The molecule has 1 N–H and O–H groups in total. The average molecular weight is 272 g/mol. The van der Waals surface area contributed by atoms with Crippen LogP contribution in [0.5, 0.6) is 5.75 Å². The number of aryl methyl sites for hydroxylation is 2. The highest BCUT2D eigenvalue weighted by molar-refractivity contribution is 9.10. The Hall–Kier alpha value is -0.540. The van der Waals surface area contributed by atoms with Gasteiger partial charge < -0.3 is 10.1 Å². The third-order valence-corrected chi connectivity index (χ3v) is 3.14. The molecule has 0 saturated carbocycles. The summed E-state index contributed by atoms with van der Waals surface area (Å²) in [5, 5.41) is 3.10. The minimum Gasteiger partial charge on any atom is -0.493 e. The van der Waals surface area contributed by atoms with Gasteiger partial charge in [-0.05, 0) is 57.1 Å². The van der Waals surface area contributed by atoms with Crippen LogP contribution in [0.25, 0.3) is 0 Å². The summed E-state index contributed by atoms with van der Waals surface area (Å²) in [6, 6.07) is 4.18. The molecule has 0 fully saturated rings. The quantitative estimate of drug-likeness (QED) is 0.832. The average Bonchev–Trinajstić information content (AvgIpc) is 2.20. The molecule has 0 saturated heterocycles. The van der Waals surface area contributed by atoms with Gasteiger partial charge in [0.2, 0.25) is 0 Å². The number of nitrogens with one attached hydrogen (secondary N) is 1. The SMILES string of the molecule is CNCCCOc1cc(C)c(Br)cc1C. The summed E-state index contributed by atoms with van der Waals surface area (Å²) >= 11 is 3.51. The van der Waals surface area contributed by atoms with Crippen molar-refractivity contribution in [1.29, 1.82) is 0 Å². The molecule has 0 amide bonds. The van der Waals surface area contributed by atoms with Gasteiger partial charge >= 0.3 is 0 Å². The molecule has 3 heteroatoms. The number of rotatable bonds is 5. The van der Waals surface area contributed by atoms with Crippen LogP contribution in [0.15, 0.2) is 16.6 Å². The van der Waals surface area contributed by atoms with E-state index in [1.54, 1.807) is 0 Å². The lowest BCUT2D eigenvalue weighted by molar-refractivity contribution is 0.307. The Labute approximate surface area is 100 Å². The normalized spacial score (nSPS) is 10.4. The summed E-state index contributed by atoms with van der Waals surface area (Å²) < 4.78 is 6.86. The monoisotopic (exact) mass is 271 g/mol. The van der Waals surface area contributed by atoms with Crippen molar-refractivity contribution in [3.63, 3.8) is 0 Å². The predicted octanol–water partition coefficient (Wildman–Crippen LogP) is 3.05. The van der Waals surface area contributed by atoms with Gasteiger partial charge in [-0.3, -0.25) is 0 Å². The Bertz CT molecular complexity index is 326. The fourth-order valence-corrected chi connectivity index (χ4v) is 1.80. The van der Waals surface area contributed by atoms with Crippen LogP contribution in [-0.4, -0.2) is 20.2 Å². The van der Waals surface area contributed by atoms with E-state index >= 15 is 0 Å². The summed E-state index contributed by atoms with van der Waals surface area (Å²) in [5.41, 5.74) is 2.39. The van der Waals surface area contributed by atoms with Crippen molar-refractivity contribution < 1.29 is 4.74 Å². The van der Waals surface area contributed by atoms with E-state index in [1.807, 2.05) is 7.05 Å². The minimum atomic E-state index is 0.767. The van der Waals surface area contributed by atoms with E-state index in [9.17, 15) is 0 Å². The van der Waals surface area contributed by atoms with Crippen LogP contribution in [0.3, 0.4) is 0 Å². The molecular weight excluding hydrogens is 254 g/mol. The zero-order valence-electron chi connectivity index (χ0n) is 9.56. The smallest absolute Gasteiger partial charge is 0.122 e. The second-order valence-corrected chi connectivity index (χ2v) is 4.53. The third kappa shape index (κ3) is 3.84. The lowest BCUT2D eigenvalue weighted by Gasteiger charge is -2.11. The minimum absolute atomic E-state index is 0.767. The van der Waals surface area contributed by atoms with Crippen molar-refractivity contribution in [2.75, 3.05) is 20.2 Å². The molecule has 1 rings (SSSR count). The molecule has 1 aromatic rings. The number of ether oxygens (including phenoxy) is 1. The van der Waals surface area contributed by atoms with Crippen LogP contribution in [0.2, 0.25) is 0 Å². The highest BCUT2D eigenvalue weighted by Crippen LogP contribution is 2.26. The summed E-state index contributed by atoms with van der Waals surface area (Å²) in [5.74, 6) is 0.992. The fraction of sp³-hybridized carbons (Fsp3) is 0.500. The van der Waals surface area contributed by atoms with Gasteiger partial charge in [-0.15, -0.1) is 0 Å². The maximum Gasteiger partial charge on any atom is 0.122 e. The predicted molar refractivity (Wildman–Crippen MR) is 67.7 cm³/mol. The molecule has 1 aromatic carbocycles. The van der Waals surface area contributed by atoms with Crippen LogP contribution in [0.4, 0.5) is 0 Å².